The van der Waals surface area contributed by atoms with Crippen LogP contribution < -0.4 is 15.8 Å². The standard InChI is InChI=1S/C21H19N5O2/c1-28-15-8-6-14(7-9-15)12-24-21-23-11-10-19(25-21)26-13-17(20(22)27)16-4-2-3-5-18(16)26/h2-11,13H,12H2,1H3,(H2,22,27)(H,23,24,25). The molecule has 0 aliphatic rings. The molecule has 2 heterocycles. The van der Waals surface area contributed by atoms with E-state index in [2.05, 4.69) is 15.3 Å². The average Bonchev–Trinajstić information content (AvgIpc) is 3.13. The van der Waals surface area contributed by atoms with E-state index in [0.717, 1.165) is 22.2 Å². The highest BCUT2D eigenvalue weighted by Gasteiger charge is 2.14. The van der Waals surface area contributed by atoms with Gasteiger partial charge < -0.3 is 20.4 Å². The number of anilines is 1. The Kier molecular flexibility index (Phi) is 4.63. The Morgan fingerprint density at radius 2 is 1.93 bits per heavy atom. The number of hydrogen-bond acceptors (Lipinski definition) is 5. The number of benzene rings is 2. The van der Waals surface area contributed by atoms with Gasteiger partial charge in [0.25, 0.3) is 5.91 Å². The summed E-state index contributed by atoms with van der Waals surface area (Å²) in [6, 6.07) is 17.1. The van der Waals surface area contributed by atoms with Crippen LogP contribution in [0.5, 0.6) is 5.75 Å². The van der Waals surface area contributed by atoms with Crippen molar-refractivity contribution in [3.8, 4) is 11.6 Å². The molecule has 0 saturated carbocycles. The Bertz CT molecular complexity index is 1140. The number of hydrogen-bond donors (Lipinski definition) is 2. The summed E-state index contributed by atoms with van der Waals surface area (Å²) in [6.45, 7) is 0.576. The Hall–Kier alpha value is -3.87. The molecule has 140 valence electrons. The minimum Gasteiger partial charge on any atom is -0.497 e. The van der Waals surface area contributed by atoms with Crippen molar-refractivity contribution in [2.24, 2.45) is 5.73 Å². The number of fused-ring (bicyclic) bond motifs is 1. The number of carbonyl (C=O) groups excluding carboxylic acids is 1. The van der Waals surface area contributed by atoms with E-state index in [4.69, 9.17) is 10.5 Å². The molecule has 0 bridgehead atoms. The van der Waals surface area contributed by atoms with Crippen LogP contribution in [0, 0.1) is 0 Å². The zero-order valence-corrected chi connectivity index (χ0v) is 15.3. The van der Waals surface area contributed by atoms with Crippen LogP contribution in [0.25, 0.3) is 16.7 Å². The lowest BCUT2D eigenvalue weighted by molar-refractivity contribution is 0.100. The van der Waals surface area contributed by atoms with Gasteiger partial charge in [0.05, 0.1) is 18.2 Å². The Balaban J connectivity index is 1.62. The van der Waals surface area contributed by atoms with E-state index in [1.54, 1.807) is 25.6 Å². The molecule has 0 saturated heterocycles. The number of amides is 1. The molecule has 0 spiro atoms. The van der Waals surface area contributed by atoms with Crippen LogP contribution in [0.1, 0.15) is 15.9 Å². The van der Waals surface area contributed by atoms with Crippen molar-refractivity contribution in [3.05, 3.63) is 78.1 Å². The molecule has 3 N–H and O–H groups in total. The van der Waals surface area contributed by atoms with Gasteiger partial charge in [-0.05, 0) is 29.8 Å². The quantitative estimate of drug-likeness (QED) is 0.541. The van der Waals surface area contributed by atoms with E-state index in [1.165, 1.54) is 0 Å². The van der Waals surface area contributed by atoms with Crippen molar-refractivity contribution < 1.29 is 9.53 Å². The number of primary amides is 1. The van der Waals surface area contributed by atoms with Crippen LogP contribution in [-0.2, 0) is 6.54 Å². The lowest BCUT2D eigenvalue weighted by atomic mass is 10.2. The molecular weight excluding hydrogens is 354 g/mol. The van der Waals surface area contributed by atoms with Crippen LogP contribution in [0.4, 0.5) is 5.95 Å². The second kappa shape index (κ2) is 7.40. The SMILES string of the molecule is COc1ccc(CNc2nccc(-n3cc(C(N)=O)c4ccccc43)n2)cc1. The molecule has 0 aliphatic heterocycles. The van der Waals surface area contributed by atoms with Gasteiger partial charge in [-0.3, -0.25) is 4.79 Å². The van der Waals surface area contributed by atoms with Gasteiger partial charge in [-0.2, -0.15) is 4.98 Å². The van der Waals surface area contributed by atoms with E-state index in [-0.39, 0.29) is 0 Å². The molecule has 1 amide bonds. The van der Waals surface area contributed by atoms with Crippen LogP contribution in [-0.4, -0.2) is 27.6 Å². The molecule has 0 unspecified atom stereocenters. The van der Waals surface area contributed by atoms with Gasteiger partial charge in [0, 0.05) is 24.3 Å². The van der Waals surface area contributed by atoms with E-state index in [9.17, 15) is 4.79 Å². The molecule has 7 nitrogen and oxygen atoms in total. The maximum atomic E-state index is 11.8. The van der Waals surface area contributed by atoms with E-state index >= 15 is 0 Å². The second-order valence-electron chi connectivity index (χ2n) is 6.23. The van der Waals surface area contributed by atoms with Crippen LogP contribution in [0.3, 0.4) is 0 Å². The minimum atomic E-state index is -0.470. The number of ether oxygens (including phenoxy) is 1. The van der Waals surface area contributed by atoms with Crippen molar-refractivity contribution >= 4 is 22.8 Å². The van der Waals surface area contributed by atoms with Crippen molar-refractivity contribution in [3.63, 3.8) is 0 Å². The predicted octanol–water partition coefficient (Wildman–Crippen LogP) is 3.14. The molecule has 0 atom stereocenters. The van der Waals surface area contributed by atoms with Gasteiger partial charge in [-0.1, -0.05) is 30.3 Å². The maximum absolute atomic E-state index is 11.8. The molecule has 0 aliphatic carbocycles. The van der Waals surface area contributed by atoms with Crippen LogP contribution >= 0.6 is 0 Å². The van der Waals surface area contributed by atoms with Gasteiger partial charge in [-0.15, -0.1) is 0 Å². The fourth-order valence-electron chi connectivity index (χ4n) is 3.06. The highest BCUT2D eigenvalue weighted by atomic mass is 16.5. The van der Waals surface area contributed by atoms with Gasteiger partial charge in [0.15, 0.2) is 0 Å². The monoisotopic (exact) mass is 373 g/mol. The summed E-state index contributed by atoms with van der Waals surface area (Å²) in [7, 11) is 1.64. The average molecular weight is 373 g/mol. The highest BCUT2D eigenvalue weighted by molar-refractivity contribution is 6.06. The largest absolute Gasteiger partial charge is 0.497 e. The van der Waals surface area contributed by atoms with Crippen LogP contribution in [0.15, 0.2) is 67.0 Å². The number of nitrogens with zero attached hydrogens (tertiary/aromatic N) is 3. The van der Waals surface area contributed by atoms with Gasteiger partial charge >= 0.3 is 0 Å². The number of aromatic nitrogens is 3. The van der Waals surface area contributed by atoms with Gasteiger partial charge in [0.1, 0.15) is 11.6 Å². The predicted molar refractivity (Wildman–Crippen MR) is 108 cm³/mol. The molecular formula is C21H19N5O2. The zero-order valence-electron chi connectivity index (χ0n) is 15.3. The Morgan fingerprint density at radius 1 is 1.14 bits per heavy atom. The van der Waals surface area contributed by atoms with Crippen molar-refractivity contribution in [1.29, 1.82) is 0 Å². The third-order valence-corrected chi connectivity index (χ3v) is 4.47. The molecule has 7 heteroatoms. The number of carbonyl (C=O) groups is 1. The maximum Gasteiger partial charge on any atom is 0.250 e. The smallest absolute Gasteiger partial charge is 0.250 e. The first-order valence-corrected chi connectivity index (χ1v) is 8.76. The zero-order chi connectivity index (χ0) is 19.5. The summed E-state index contributed by atoms with van der Waals surface area (Å²) < 4.78 is 7.01. The minimum absolute atomic E-state index is 0.460. The fourth-order valence-corrected chi connectivity index (χ4v) is 3.06. The normalized spacial score (nSPS) is 10.8. The first-order valence-electron chi connectivity index (χ1n) is 8.76. The first kappa shape index (κ1) is 17.5. The van der Waals surface area contributed by atoms with Crippen molar-refractivity contribution in [1.82, 2.24) is 14.5 Å². The molecule has 28 heavy (non-hydrogen) atoms. The fraction of sp³-hybridized carbons (Fsp3) is 0.0952. The third kappa shape index (κ3) is 3.37. The Morgan fingerprint density at radius 3 is 2.68 bits per heavy atom. The Labute approximate surface area is 161 Å². The number of nitrogens with one attached hydrogen (secondary N) is 1. The molecule has 4 aromatic rings. The summed E-state index contributed by atoms with van der Waals surface area (Å²) in [5.41, 5.74) is 7.93. The lowest BCUT2D eigenvalue weighted by Gasteiger charge is -2.09. The molecule has 4 rings (SSSR count). The highest BCUT2D eigenvalue weighted by Crippen LogP contribution is 2.24. The number of para-hydroxylation sites is 1. The number of rotatable bonds is 6. The third-order valence-electron chi connectivity index (χ3n) is 4.47. The van der Waals surface area contributed by atoms with E-state index < -0.39 is 5.91 Å². The van der Waals surface area contributed by atoms with Gasteiger partial charge in [-0.25, -0.2) is 4.98 Å². The topological polar surface area (TPSA) is 95.1 Å². The van der Waals surface area contributed by atoms with E-state index in [1.807, 2.05) is 53.1 Å². The molecule has 2 aromatic carbocycles. The van der Waals surface area contributed by atoms with Crippen molar-refractivity contribution in [2.75, 3.05) is 12.4 Å². The summed E-state index contributed by atoms with van der Waals surface area (Å²) in [5.74, 6) is 1.48. The first-order chi connectivity index (χ1) is 13.7. The summed E-state index contributed by atoms with van der Waals surface area (Å²) in [6.07, 6.45) is 3.39. The number of methoxy groups -OCH3 is 1. The lowest BCUT2D eigenvalue weighted by Crippen LogP contribution is -2.10. The molecule has 0 fully saturated rings. The summed E-state index contributed by atoms with van der Waals surface area (Å²) in [5, 5.41) is 4.01. The van der Waals surface area contributed by atoms with Crippen LogP contribution in [0.2, 0.25) is 0 Å². The summed E-state index contributed by atoms with van der Waals surface area (Å²) in [4.78, 5) is 20.6. The van der Waals surface area contributed by atoms with E-state index in [0.29, 0.717) is 23.9 Å². The van der Waals surface area contributed by atoms with Crippen molar-refractivity contribution in [2.45, 2.75) is 6.54 Å². The van der Waals surface area contributed by atoms with Gasteiger partial charge in [0.2, 0.25) is 5.95 Å². The molecule has 2 aromatic heterocycles. The second-order valence-corrected chi connectivity index (χ2v) is 6.23. The molecule has 0 radical (unpaired) electrons. The summed E-state index contributed by atoms with van der Waals surface area (Å²) >= 11 is 0. The number of nitrogens with two attached hydrogens (primary N) is 1.